The maximum atomic E-state index is 12.4. The normalized spacial score (nSPS) is 14.1. The van der Waals surface area contributed by atoms with Gasteiger partial charge in [0.15, 0.2) is 0 Å². The highest BCUT2D eigenvalue weighted by Crippen LogP contribution is 2.24. The van der Waals surface area contributed by atoms with Crippen molar-refractivity contribution >= 4 is 29.0 Å². The summed E-state index contributed by atoms with van der Waals surface area (Å²) in [7, 11) is 3.33. The largest absolute Gasteiger partial charge is 0.497 e. The van der Waals surface area contributed by atoms with E-state index in [0.29, 0.717) is 16.3 Å². The highest BCUT2D eigenvalue weighted by atomic mass is 35.5. The molecule has 4 rings (SSSR count). The van der Waals surface area contributed by atoms with E-state index >= 15 is 0 Å². The molecule has 7 nitrogen and oxygen atoms in total. The van der Waals surface area contributed by atoms with E-state index in [2.05, 4.69) is 20.1 Å². The van der Waals surface area contributed by atoms with Gasteiger partial charge in [0.1, 0.15) is 17.3 Å². The summed E-state index contributed by atoms with van der Waals surface area (Å²) in [6.45, 7) is 4.45. The molecule has 2 heterocycles. The van der Waals surface area contributed by atoms with Gasteiger partial charge in [-0.3, -0.25) is 9.69 Å². The lowest BCUT2D eigenvalue weighted by molar-refractivity contribution is 0.102. The molecule has 0 radical (unpaired) electrons. The van der Waals surface area contributed by atoms with Gasteiger partial charge in [-0.05, 0) is 54.1 Å². The summed E-state index contributed by atoms with van der Waals surface area (Å²) in [5, 5.41) is 3.47. The number of piperazine rings is 1. The van der Waals surface area contributed by atoms with Gasteiger partial charge in [-0.2, -0.15) is 0 Å². The number of hydrogen-bond acceptors (Lipinski definition) is 6. The highest BCUT2D eigenvalue weighted by molar-refractivity contribution is 6.30. The van der Waals surface area contributed by atoms with Crippen LogP contribution in [0.25, 0.3) is 0 Å². The number of ether oxygens (including phenoxy) is 2. The molecule has 0 saturated carbocycles. The standard InChI is InChI=1S/C25H27ClN4O3/c1-32-22-13-18(14-23(15-22)33-2)17-29-9-11-30(12-10-29)24-8-7-21(16-27-24)28-25(31)19-3-5-20(26)6-4-19/h3-8,13-16H,9-12,17H2,1-2H3,(H,28,31). The minimum Gasteiger partial charge on any atom is -0.497 e. The molecule has 0 unspecified atom stereocenters. The van der Waals surface area contributed by atoms with Gasteiger partial charge >= 0.3 is 0 Å². The minimum absolute atomic E-state index is 0.191. The SMILES string of the molecule is COc1cc(CN2CCN(c3ccc(NC(=O)c4ccc(Cl)cc4)cn3)CC2)cc(OC)c1. The second-order valence-corrected chi connectivity index (χ2v) is 8.29. The Hall–Kier alpha value is -3.29. The molecule has 172 valence electrons. The molecule has 1 aromatic heterocycles. The van der Waals surface area contributed by atoms with Crippen molar-refractivity contribution in [2.75, 3.05) is 50.6 Å². The summed E-state index contributed by atoms with van der Waals surface area (Å²) < 4.78 is 10.8. The van der Waals surface area contributed by atoms with Gasteiger partial charge < -0.3 is 19.7 Å². The van der Waals surface area contributed by atoms with E-state index in [1.54, 1.807) is 44.7 Å². The number of carbonyl (C=O) groups is 1. The minimum atomic E-state index is -0.191. The lowest BCUT2D eigenvalue weighted by atomic mass is 10.1. The quantitative estimate of drug-likeness (QED) is 0.559. The first kappa shape index (κ1) is 22.9. The lowest BCUT2D eigenvalue weighted by Crippen LogP contribution is -2.46. The number of aromatic nitrogens is 1. The van der Waals surface area contributed by atoms with E-state index in [1.165, 1.54) is 5.56 Å². The van der Waals surface area contributed by atoms with Crippen molar-refractivity contribution in [3.05, 3.63) is 76.9 Å². The molecule has 1 amide bonds. The van der Waals surface area contributed by atoms with E-state index in [4.69, 9.17) is 21.1 Å². The van der Waals surface area contributed by atoms with Gasteiger partial charge in [-0.15, -0.1) is 0 Å². The van der Waals surface area contributed by atoms with E-state index in [0.717, 1.165) is 50.0 Å². The predicted octanol–water partition coefficient (Wildman–Crippen LogP) is 4.33. The fourth-order valence-corrected chi connectivity index (χ4v) is 3.93. The predicted molar refractivity (Wildman–Crippen MR) is 131 cm³/mol. The number of rotatable bonds is 7. The number of amides is 1. The molecule has 0 atom stereocenters. The van der Waals surface area contributed by atoms with Crippen molar-refractivity contribution in [2.45, 2.75) is 6.54 Å². The second-order valence-electron chi connectivity index (χ2n) is 7.85. The van der Waals surface area contributed by atoms with E-state index in [1.807, 2.05) is 30.3 Å². The molecule has 33 heavy (non-hydrogen) atoms. The second kappa shape index (κ2) is 10.6. The molecule has 0 spiro atoms. The molecule has 1 saturated heterocycles. The van der Waals surface area contributed by atoms with E-state index < -0.39 is 0 Å². The zero-order valence-electron chi connectivity index (χ0n) is 18.8. The Balaban J connectivity index is 1.31. The molecule has 2 aromatic carbocycles. The summed E-state index contributed by atoms with van der Waals surface area (Å²) >= 11 is 5.88. The van der Waals surface area contributed by atoms with E-state index in [-0.39, 0.29) is 5.91 Å². The number of pyridine rings is 1. The van der Waals surface area contributed by atoms with Crippen molar-refractivity contribution in [2.24, 2.45) is 0 Å². The van der Waals surface area contributed by atoms with Gasteiger partial charge in [0, 0.05) is 49.4 Å². The number of nitrogens with zero attached hydrogens (tertiary/aromatic N) is 3. The first-order chi connectivity index (χ1) is 16.0. The van der Waals surface area contributed by atoms with Crippen LogP contribution in [0.15, 0.2) is 60.8 Å². The van der Waals surface area contributed by atoms with Crippen LogP contribution < -0.4 is 19.7 Å². The van der Waals surface area contributed by atoms with Gasteiger partial charge in [-0.25, -0.2) is 4.98 Å². The summed E-state index contributed by atoms with van der Waals surface area (Å²) in [5.74, 6) is 2.32. The van der Waals surface area contributed by atoms with Crippen molar-refractivity contribution in [3.63, 3.8) is 0 Å². The van der Waals surface area contributed by atoms with Gasteiger partial charge in [-0.1, -0.05) is 11.6 Å². The highest BCUT2D eigenvalue weighted by Gasteiger charge is 2.19. The Kier molecular flexibility index (Phi) is 7.32. The number of carbonyl (C=O) groups excluding carboxylic acids is 1. The third-order valence-corrected chi connectivity index (χ3v) is 5.88. The molecule has 1 N–H and O–H groups in total. The smallest absolute Gasteiger partial charge is 0.255 e. The van der Waals surface area contributed by atoms with Crippen LogP contribution in [0.3, 0.4) is 0 Å². The van der Waals surface area contributed by atoms with Crippen LogP contribution in [-0.2, 0) is 6.54 Å². The zero-order chi connectivity index (χ0) is 23.2. The third kappa shape index (κ3) is 5.94. The lowest BCUT2D eigenvalue weighted by Gasteiger charge is -2.35. The molecule has 0 aliphatic carbocycles. The molecule has 1 fully saturated rings. The third-order valence-electron chi connectivity index (χ3n) is 5.63. The Morgan fingerprint density at radius 3 is 2.21 bits per heavy atom. The Morgan fingerprint density at radius 2 is 1.64 bits per heavy atom. The Bertz CT molecular complexity index is 1060. The maximum absolute atomic E-state index is 12.4. The molecule has 3 aromatic rings. The number of methoxy groups -OCH3 is 2. The fraction of sp³-hybridized carbons (Fsp3) is 0.280. The molecular formula is C25H27ClN4O3. The first-order valence-electron chi connectivity index (χ1n) is 10.8. The zero-order valence-corrected chi connectivity index (χ0v) is 19.5. The van der Waals surface area contributed by atoms with Crippen LogP contribution in [0.5, 0.6) is 11.5 Å². The number of anilines is 2. The number of halogens is 1. The van der Waals surface area contributed by atoms with Crippen LogP contribution in [-0.4, -0.2) is 56.2 Å². The van der Waals surface area contributed by atoms with Crippen molar-refractivity contribution in [3.8, 4) is 11.5 Å². The van der Waals surface area contributed by atoms with Crippen LogP contribution in [0, 0.1) is 0 Å². The average Bonchev–Trinajstić information content (AvgIpc) is 2.85. The Labute approximate surface area is 198 Å². The summed E-state index contributed by atoms with van der Waals surface area (Å²) in [5.41, 5.74) is 2.37. The van der Waals surface area contributed by atoms with E-state index in [9.17, 15) is 4.79 Å². The van der Waals surface area contributed by atoms with Crippen molar-refractivity contribution < 1.29 is 14.3 Å². The van der Waals surface area contributed by atoms with Crippen LogP contribution >= 0.6 is 11.6 Å². The number of benzene rings is 2. The molecule has 8 heteroatoms. The van der Waals surface area contributed by atoms with Crippen molar-refractivity contribution in [1.82, 2.24) is 9.88 Å². The summed E-state index contributed by atoms with van der Waals surface area (Å²) in [6.07, 6.45) is 1.69. The molecule has 1 aliphatic rings. The number of nitrogens with one attached hydrogen (secondary N) is 1. The fourth-order valence-electron chi connectivity index (χ4n) is 3.80. The van der Waals surface area contributed by atoms with Crippen LogP contribution in [0.4, 0.5) is 11.5 Å². The topological polar surface area (TPSA) is 66.9 Å². The average molecular weight is 467 g/mol. The summed E-state index contributed by atoms with van der Waals surface area (Å²) in [6, 6.07) is 16.6. The van der Waals surface area contributed by atoms with Crippen LogP contribution in [0.2, 0.25) is 5.02 Å². The Morgan fingerprint density at radius 1 is 0.970 bits per heavy atom. The first-order valence-corrected chi connectivity index (χ1v) is 11.1. The van der Waals surface area contributed by atoms with Gasteiger partial charge in [0.05, 0.1) is 26.1 Å². The van der Waals surface area contributed by atoms with Crippen molar-refractivity contribution in [1.29, 1.82) is 0 Å². The molecular weight excluding hydrogens is 440 g/mol. The molecule has 1 aliphatic heterocycles. The van der Waals surface area contributed by atoms with Gasteiger partial charge in [0.25, 0.3) is 5.91 Å². The van der Waals surface area contributed by atoms with Gasteiger partial charge in [0.2, 0.25) is 0 Å². The maximum Gasteiger partial charge on any atom is 0.255 e. The monoisotopic (exact) mass is 466 g/mol. The van der Waals surface area contributed by atoms with Crippen LogP contribution in [0.1, 0.15) is 15.9 Å². The number of hydrogen-bond donors (Lipinski definition) is 1. The molecule has 0 bridgehead atoms. The summed E-state index contributed by atoms with van der Waals surface area (Å²) in [4.78, 5) is 21.6.